The van der Waals surface area contributed by atoms with Crippen LogP contribution in [-0.4, -0.2) is 30.5 Å². The van der Waals surface area contributed by atoms with Crippen LogP contribution >= 0.6 is 0 Å². The number of nitrogens with zero attached hydrogens (tertiary/aromatic N) is 2. The number of aliphatic imine (C=N–C) groups is 1. The Bertz CT molecular complexity index is 164. The largest absolute Gasteiger partial charge is 0.370 e. The zero-order chi connectivity index (χ0) is 10.4. The van der Waals surface area contributed by atoms with Crippen LogP contribution in [0.5, 0.6) is 0 Å². The second kappa shape index (κ2) is 5.84. The van der Waals surface area contributed by atoms with Crippen LogP contribution in [0.15, 0.2) is 4.99 Å². The molecule has 1 unspecified atom stereocenters. The van der Waals surface area contributed by atoms with Gasteiger partial charge >= 0.3 is 0 Å². The van der Waals surface area contributed by atoms with Gasteiger partial charge in [0.1, 0.15) is 0 Å². The molecule has 0 aliphatic carbocycles. The van der Waals surface area contributed by atoms with Crippen molar-refractivity contribution in [2.45, 2.75) is 40.2 Å². The van der Waals surface area contributed by atoms with Crippen LogP contribution in [0.1, 0.15) is 34.1 Å². The van der Waals surface area contributed by atoms with E-state index in [2.05, 4.69) is 18.8 Å². The third-order valence-corrected chi connectivity index (χ3v) is 2.06. The molecule has 0 spiro atoms. The van der Waals surface area contributed by atoms with E-state index >= 15 is 0 Å². The van der Waals surface area contributed by atoms with Crippen LogP contribution in [0.2, 0.25) is 0 Å². The van der Waals surface area contributed by atoms with Gasteiger partial charge < -0.3 is 10.6 Å². The molecule has 3 heteroatoms. The van der Waals surface area contributed by atoms with Crippen molar-refractivity contribution in [2.75, 3.05) is 13.6 Å². The highest BCUT2D eigenvalue weighted by Crippen LogP contribution is 2.02. The van der Waals surface area contributed by atoms with E-state index in [1.807, 2.05) is 25.8 Å². The summed E-state index contributed by atoms with van der Waals surface area (Å²) in [7, 11) is 1.99. The summed E-state index contributed by atoms with van der Waals surface area (Å²) in [4.78, 5) is 6.31. The van der Waals surface area contributed by atoms with Gasteiger partial charge in [-0.1, -0.05) is 20.3 Å². The summed E-state index contributed by atoms with van der Waals surface area (Å²) in [5, 5.41) is 0. The molecule has 0 aromatic carbocycles. The van der Waals surface area contributed by atoms with Gasteiger partial charge in [0, 0.05) is 19.6 Å². The summed E-state index contributed by atoms with van der Waals surface area (Å²) in [6.45, 7) is 9.46. The molecule has 13 heavy (non-hydrogen) atoms. The van der Waals surface area contributed by atoms with E-state index in [4.69, 9.17) is 5.73 Å². The predicted octanol–water partition coefficient (Wildman–Crippen LogP) is 1.69. The summed E-state index contributed by atoms with van der Waals surface area (Å²) in [6, 6.07) is 0.277. The molecule has 0 saturated heterocycles. The first-order chi connectivity index (χ1) is 5.97. The van der Waals surface area contributed by atoms with Gasteiger partial charge in [-0.25, -0.2) is 0 Å². The highest BCUT2D eigenvalue weighted by molar-refractivity contribution is 5.77. The fraction of sp³-hybridized carbons (Fsp3) is 0.900. The number of guanidine groups is 1. The monoisotopic (exact) mass is 185 g/mol. The smallest absolute Gasteiger partial charge is 0.191 e. The molecular formula is C10H23N3. The Balaban J connectivity index is 4.02. The Labute approximate surface area is 82.0 Å². The molecular weight excluding hydrogens is 162 g/mol. The lowest BCUT2D eigenvalue weighted by Gasteiger charge is -2.22. The normalized spacial score (nSPS) is 14.8. The van der Waals surface area contributed by atoms with Crippen LogP contribution in [0.3, 0.4) is 0 Å². The first kappa shape index (κ1) is 12.3. The van der Waals surface area contributed by atoms with Gasteiger partial charge in [0.2, 0.25) is 0 Å². The second-order valence-electron chi connectivity index (χ2n) is 3.97. The van der Waals surface area contributed by atoms with Gasteiger partial charge in [-0.3, -0.25) is 4.99 Å². The minimum absolute atomic E-state index is 0.277. The van der Waals surface area contributed by atoms with Crippen LogP contribution in [0.25, 0.3) is 0 Å². The minimum atomic E-state index is 0.277. The van der Waals surface area contributed by atoms with Crippen molar-refractivity contribution in [3.63, 3.8) is 0 Å². The van der Waals surface area contributed by atoms with E-state index in [1.54, 1.807) is 0 Å². The Hall–Kier alpha value is -0.730. The third-order valence-electron chi connectivity index (χ3n) is 2.06. The van der Waals surface area contributed by atoms with E-state index in [9.17, 15) is 0 Å². The number of hydrogen-bond acceptors (Lipinski definition) is 1. The van der Waals surface area contributed by atoms with Gasteiger partial charge in [0.25, 0.3) is 0 Å². The third kappa shape index (κ3) is 5.50. The highest BCUT2D eigenvalue weighted by atomic mass is 15.2. The maximum absolute atomic E-state index is 5.80. The zero-order valence-corrected chi connectivity index (χ0v) is 9.54. The summed E-state index contributed by atoms with van der Waals surface area (Å²) >= 11 is 0. The quantitative estimate of drug-likeness (QED) is 0.535. The van der Waals surface area contributed by atoms with Crippen molar-refractivity contribution in [3.8, 4) is 0 Å². The highest BCUT2D eigenvalue weighted by Gasteiger charge is 2.06. The van der Waals surface area contributed by atoms with Crippen molar-refractivity contribution in [3.05, 3.63) is 0 Å². The number of rotatable bonds is 4. The van der Waals surface area contributed by atoms with E-state index in [0.29, 0.717) is 11.9 Å². The average Bonchev–Trinajstić information content (AvgIpc) is 2.02. The van der Waals surface area contributed by atoms with Crippen LogP contribution < -0.4 is 5.73 Å². The molecule has 0 radical (unpaired) electrons. The SMILES string of the molecule is CCC(C)CN(C)C(N)=NC(C)C. The molecule has 1 atom stereocenters. The Morgan fingerprint density at radius 3 is 2.31 bits per heavy atom. The summed E-state index contributed by atoms with van der Waals surface area (Å²) in [5.74, 6) is 1.32. The number of hydrogen-bond donors (Lipinski definition) is 1. The first-order valence-electron chi connectivity index (χ1n) is 5.01. The minimum Gasteiger partial charge on any atom is -0.370 e. The fourth-order valence-electron chi connectivity index (χ4n) is 1.05. The average molecular weight is 185 g/mol. The first-order valence-corrected chi connectivity index (χ1v) is 5.01. The van der Waals surface area contributed by atoms with E-state index < -0.39 is 0 Å². The molecule has 0 aliphatic rings. The van der Waals surface area contributed by atoms with Gasteiger partial charge in [0.05, 0.1) is 0 Å². The summed E-state index contributed by atoms with van der Waals surface area (Å²) < 4.78 is 0. The lowest BCUT2D eigenvalue weighted by atomic mass is 10.1. The molecule has 0 aromatic heterocycles. The molecule has 0 aliphatic heterocycles. The summed E-state index contributed by atoms with van der Waals surface area (Å²) in [6.07, 6.45) is 1.18. The number of nitrogens with two attached hydrogens (primary N) is 1. The Morgan fingerprint density at radius 2 is 1.92 bits per heavy atom. The molecule has 0 saturated carbocycles. The maximum atomic E-state index is 5.80. The Kier molecular flexibility index (Phi) is 5.51. The van der Waals surface area contributed by atoms with Crippen LogP contribution in [0.4, 0.5) is 0 Å². The van der Waals surface area contributed by atoms with Gasteiger partial charge in [-0.15, -0.1) is 0 Å². The van der Waals surface area contributed by atoms with Crippen molar-refractivity contribution < 1.29 is 0 Å². The molecule has 0 fully saturated rings. The lowest BCUT2D eigenvalue weighted by molar-refractivity contribution is 0.391. The molecule has 0 rings (SSSR count). The van der Waals surface area contributed by atoms with Gasteiger partial charge in [-0.2, -0.15) is 0 Å². The van der Waals surface area contributed by atoms with Crippen LogP contribution in [-0.2, 0) is 0 Å². The summed E-state index contributed by atoms with van der Waals surface area (Å²) in [5.41, 5.74) is 5.80. The van der Waals surface area contributed by atoms with E-state index in [0.717, 1.165) is 6.54 Å². The van der Waals surface area contributed by atoms with Gasteiger partial charge in [-0.05, 0) is 19.8 Å². The molecule has 0 amide bonds. The van der Waals surface area contributed by atoms with Crippen molar-refractivity contribution in [2.24, 2.45) is 16.6 Å². The van der Waals surface area contributed by atoms with Crippen molar-refractivity contribution in [1.82, 2.24) is 4.90 Å². The Morgan fingerprint density at radius 1 is 1.38 bits per heavy atom. The van der Waals surface area contributed by atoms with Crippen molar-refractivity contribution in [1.29, 1.82) is 0 Å². The zero-order valence-electron chi connectivity index (χ0n) is 9.54. The molecule has 0 bridgehead atoms. The molecule has 0 aromatic rings. The lowest BCUT2D eigenvalue weighted by Crippen LogP contribution is -2.37. The molecule has 78 valence electrons. The second-order valence-corrected chi connectivity index (χ2v) is 3.97. The topological polar surface area (TPSA) is 41.6 Å². The van der Waals surface area contributed by atoms with Gasteiger partial charge in [0.15, 0.2) is 5.96 Å². The van der Waals surface area contributed by atoms with E-state index in [-0.39, 0.29) is 6.04 Å². The predicted molar refractivity (Wildman–Crippen MR) is 58.8 cm³/mol. The standard InChI is InChI=1S/C10H23N3/c1-6-9(4)7-13(5)10(11)12-8(2)3/h8-9H,6-7H2,1-5H3,(H2,11,12). The molecule has 2 N–H and O–H groups in total. The van der Waals surface area contributed by atoms with E-state index in [1.165, 1.54) is 6.42 Å². The maximum Gasteiger partial charge on any atom is 0.191 e. The fourth-order valence-corrected chi connectivity index (χ4v) is 1.05. The molecule has 0 heterocycles. The van der Waals surface area contributed by atoms with Crippen molar-refractivity contribution >= 4 is 5.96 Å². The van der Waals surface area contributed by atoms with Crippen LogP contribution in [0, 0.1) is 5.92 Å². The molecule has 3 nitrogen and oxygen atoms in total.